The fraction of sp³-hybridized carbons (Fsp3) is 0.833. The molecule has 1 rings (SSSR count). The van der Waals surface area contributed by atoms with E-state index in [1.54, 1.807) is 0 Å². The van der Waals surface area contributed by atoms with Crippen molar-refractivity contribution in [2.24, 2.45) is 0 Å². The third-order valence-electron chi connectivity index (χ3n) is 1.65. The molecule has 0 unspecified atom stereocenters. The summed E-state index contributed by atoms with van der Waals surface area (Å²) in [6.07, 6.45) is -4.54. The van der Waals surface area contributed by atoms with E-state index in [-0.39, 0.29) is 26.1 Å². The maximum atomic E-state index is 9.09. The van der Waals surface area contributed by atoms with Crippen molar-refractivity contribution in [2.45, 2.75) is 24.4 Å². The summed E-state index contributed by atoms with van der Waals surface area (Å²) in [7, 11) is 0. The van der Waals surface area contributed by atoms with Gasteiger partial charge in [0.25, 0.3) is 0 Å². The second-order valence-corrected chi connectivity index (χ2v) is 2.46. The molecule has 1 saturated heterocycles. The van der Waals surface area contributed by atoms with E-state index >= 15 is 0 Å². The van der Waals surface area contributed by atoms with Crippen LogP contribution < -0.4 is 0 Å². The molecule has 4 N–H and O–H groups in total. The first-order valence-corrected chi connectivity index (χ1v) is 3.30. The summed E-state index contributed by atoms with van der Waals surface area (Å²) in [6, 6.07) is 0. The molecule has 0 saturated carbocycles. The second kappa shape index (κ2) is 5.22. The Hall–Kier alpha value is 0.423. The Morgan fingerprint density at radius 1 is 1.17 bits per heavy atom. The SMILES string of the molecule is OC[C@H]1O[CH-][C@H](O)[C@@H](O)[C@@H]1O.[Zn]. The summed E-state index contributed by atoms with van der Waals surface area (Å²) in [5.74, 6) is 0. The number of aliphatic hydroxyl groups excluding tert-OH is 4. The van der Waals surface area contributed by atoms with E-state index in [0.717, 1.165) is 6.61 Å². The van der Waals surface area contributed by atoms with Crippen LogP contribution in [0.25, 0.3) is 0 Å². The summed E-state index contributed by atoms with van der Waals surface area (Å²) in [4.78, 5) is 0. The molecule has 0 spiro atoms. The minimum atomic E-state index is -1.28. The van der Waals surface area contributed by atoms with Crippen LogP contribution in [0.1, 0.15) is 0 Å². The summed E-state index contributed by atoms with van der Waals surface area (Å²) < 4.78 is 4.69. The Labute approximate surface area is 82.7 Å². The van der Waals surface area contributed by atoms with Crippen LogP contribution in [0.2, 0.25) is 0 Å². The van der Waals surface area contributed by atoms with Gasteiger partial charge in [0.15, 0.2) is 0 Å². The van der Waals surface area contributed by atoms with Crippen molar-refractivity contribution in [3.8, 4) is 0 Å². The largest absolute Gasteiger partial charge is 0.544 e. The number of hydrogen-bond donors (Lipinski definition) is 4. The van der Waals surface area contributed by atoms with Crippen molar-refractivity contribution in [3.05, 3.63) is 6.61 Å². The summed E-state index contributed by atoms with van der Waals surface area (Å²) >= 11 is 0. The van der Waals surface area contributed by atoms with Gasteiger partial charge in [0.2, 0.25) is 0 Å². The molecule has 1 aliphatic heterocycles. The molecule has 0 aromatic heterocycles. The standard InChI is InChI=1S/C6H11O5.Zn/c7-1-4-6(10)5(9)3(8)2-11-4;/h2-10H,1H2;/q-1;/t3-,4+,5+,6+;/m0./s1. The molecule has 68 valence electrons. The average molecular weight is 229 g/mol. The Morgan fingerprint density at radius 3 is 2.25 bits per heavy atom. The van der Waals surface area contributed by atoms with Crippen LogP contribution in [0.4, 0.5) is 0 Å². The van der Waals surface area contributed by atoms with Gasteiger partial charge < -0.3 is 25.2 Å². The molecule has 4 atom stereocenters. The summed E-state index contributed by atoms with van der Waals surface area (Å²) in [6.45, 7) is 0.611. The zero-order chi connectivity index (χ0) is 8.43. The smallest absolute Gasteiger partial charge is 0.105 e. The minimum absolute atomic E-state index is 0. The van der Waals surface area contributed by atoms with Crippen LogP contribution >= 0.6 is 0 Å². The van der Waals surface area contributed by atoms with Crippen molar-refractivity contribution < 1.29 is 44.6 Å². The fourth-order valence-corrected chi connectivity index (χ4v) is 0.915. The topological polar surface area (TPSA) is 90.2 Å². The molecule has 0 radical (unpaired) electrons. The molecule has 6 heteroatoms. The van der Waals surface area contributed by atoms with Crippen molar-refractivity contribution in [1.82, 2.24) is 0 Å². The second-order valence-electron chi connectivity index (χ2n) is 2.46. The van der Waals surface area contributed by atoms with Gasteiger partial charge in [-0.3, -0.25) is 0 Å². The summed E-state index contributed by atoms with van der Waals surface area (Å²) in [5.41, 5.74) is 0. The molecule has 1 heterocycles. The number of rotatable bonds is 1. The molecule has 12 heavy (non-hydrogen) atoms. The van der Waals surface area contributed by atoms with Crippen molar-refractivity contribution in [2.75, 3.05) is 6.61 Å². The molecular formula is C6H11O5Zn-. The van der Waals surface area contributed by atoms with Gasteiger partial charge in [0.05, 0.1) is 18.8 Å². The van der Waals surface area contributed by atoms with Gasteiger partial charge in [-0.05, 0) is 6.10 Å². The third kappa shape index (κ3) is 2.45. The van der Waals surface area contributed by atoms with Crippen LogP contribution in [0.5, 0.6) is 0 Å². The van der Waals surface area contributed by atoms with E-state index in [1.807, 2.05) is 0 Å². The Kier molecular flexibility index (Phi) is 5.40. The first-order valence-electron chi connectivity index (χ1n) is 3.30. The molecule has 0 aromatic rings. The van der Waals surface area contributed by atoms with Crippen molar-refractivity contribution in [3.63, 3.8) is 0 Å². The molecule has 1 aliphatic rings. The molecule has 0 amide bonds. The van der Waals surface area contributed by atoms with E-state index in [0.29, 0.717) is 0 Å². The van der Waals surface area contributed by atoms with E-state index in [1.165, 1.54) is 0 Å². The van der Waals surface area contributed by atoms with Crippen LogP contribution in [0, 0.1) is 6.61 Å². The molecule has 1 fully saturated rings. The van der Waals surface area contributed by atoms with E-state index in [9.17, 15) is 0 Å². The van der Waals surface area contributed by atoms with Gasteiger partial charge >= 0.3 is 0 Å². The molecule has 0 bridgehead atoms. The first kappa shape index (κ1) is 12.4. The van der Waals surface area contributed by atoms with E-state index in [2.05, 4.69) is 4.74 Å². The normalized spacial score (nSPS) is 42.0. The van der Waals surface area contributed by atoms with Crippen molar-refractivity contribution >= 4 is 0 Å². The zero-order valence-corrected chi connectivity index (χ0v) is 9.47. The van der Waals surface area contributed by atoms with Gasteiger partial charge in [-0.15, -0.1) is 0 Å². The van der Waals surface area contributed by atoms with Crippen LogP contribution in [0.15, 0.2) is 0 Å². The van der Waals surface area contributed by atoms with Crippen LogP contribution in [-0.2, 0) is 24.2 Å². The predicted molar refractivity (Wildman–Crippen MR) is 34.3 cm³/mol. The number of ether oxygens (including phenoxy) is 1. The Bertz CT molecular complexity index is 131. The van der Waals surface area contributed by atoms with E-state index in [4.69, 9.17) is 20.4 Å². The Morgan fingerprint density at radius 2 is 1.75 bits per heavy atom. The first-order chi connectivity index (χ1) is 5.16. The zero-order valence-electron chi connectivity index (χ0n) is 6.50. The third-order valence-corrected chi connectivity index (χ3v) is 1.65. The Balaban J connectivity index is 0.00000121. The van der Waals surface area contributed by atoms with Crippen molar-refractivity contribution in [1.29, 1.82) is 0 Å². The van der Waals surface area contributed by atoms with Gasteiger partial charge in [-0.2, -0.15) is 6.61 Å². The quantitative estimate of drug-likeness (QED) is 0.297. The maximum Gasteiger partial charge on any atom is 0.105 e. The monoisotopic (exact) mass is 227 g/mol. The van der Waals surface area contributed by atoms with Gasteiger partial charge in [0, 0.05) is 19.5 Å². The fourth-order valence-electron chi connectivity index (χ4n) is 0.915. The average Bonchev–Trinajstić information content (AvgIpc) is 2.01. The van der Waals surface area contributed by atoms with Gasteiger partial charge in [0.1, 0.15) is 6.10 Å². The molecule has 5 nitrogen and oxygen atoms in total. The van der Waals surface area contributed by atoms with Gasteiger partial charge in [-0.1, -0.05) is 0 Å². The van der Waals surface area contributed by atoms with Gasteiger partial charge in [-0.25, -0.2) is 0 Å². The maximum absolute atomic E-state index is 9.09. The van der Waals surface area contributed by atoms with E-state index < -0.39 is 24.4 Å². The molecular weight excluding hydrogens is 217 g/mol. The number of aliphatic hydroxyl groups is 4. The van der Waals surface area contributed by atoms with Crippen LogP contribution in [0.3, 0.4) is 0 Å². The predicted octanol–water partition coefficient (Wildman–Crippen LogP) is -2.38. The van der Waals surface area contributed by atoms with Crippen LogP contribution in [-0.4, -0.2) is 51.4 Å². The molecule has 0 aliphatic carbocycles. The minimum Gasteiger partial charge on any atom is -0.544 e. The molecule has 0 aromatic carbocycles. The summed E-state index contributed by atoms with van der Waals surface area (Å²) in [5, 5.41) is 35.6. The number of hydrogen-bond acceptors (Lipinski definition) is 5.